The molecule has 7 nitrogen and oxygen atoms in total. The first-order chi connectivity index (χ1) is 10.5. The molecule has 0 radical (unpaired) electrons. The number of fused-ring (bicyclic) bond motifs is 1. The number of ether oxygens (including phenoxy) is 3. The average Bonchev–Trinajstić information content (AvgIpc) is 3.30. The number of phenols is 1. The van der Waals surface area contributed by atoms with Crippen LogP contribution in [0.4, 0.5) is 0 Å². The van der Waals surface area contributed by atoms with Crippen LogP contribution in [0, 0.1) is 0 Å². The van der Waals surface area contributed by atoms with Gasteiger partial charge in [0, 0.05) is 20.3 Å². The third-order valence-corrected chi connectivity index (χ3v) is 3.81. The maximum atomic E-state index is 12.3. The minimum absolute atomic E-state index is 0.0794. The van der Waals surface area contributed by atoms with Crippen molar-refractivity contribution in [1.82, 2.24) is 5.32 Å². The van der Waals surface area contributed by atoms with Crippen molar-refractivity contribution in [2.75, 3.05) is 14.2 Å². The van der Waals surface area contributed by atoms with Crippen molar-refractivity contribution in [3.8, 4) is 5.75 Å². The zero-order chi connectivity index (χ0) is 15.9. The van der Waals surface area contributed by atoms with Crippen molar-refractivity contribution in [3.63, 3.8) is 0 Å². The van der Waals surface area contributed by atoms with Gasteiger partial charge in [-0.25, -0.2) is 0 Å². The third-order valence-electron chi connectivity index (χ3n) is 3.81. The number of hydrogen-bond acceptors (Lipinski definition) is 6. The molecule has 2 atom stereocenters. The Kier molecular flexibility index (Phi) is 3.48. The van der Waals surface area contributed by atoms with E-state index in [0.29, 0.717) is 0 Å². The number of ketones is 1. The highest BCUT2D eigenvalue weighted by molar-refractivity contribution is 6.02. The monoisotopic (exact) mass is 305 g/mol. The highest BCUT2D eigenvalue weighted by Crippen LogP contribution is 2.43. The molecule has 1 heterocycles. The molecule has 0 saturated carbocycles. The lowest BCUT2D eigenvalue weighted by Crippen LogP contribution is -2.51. The highest BCUT2D eigenvalue weighted by Gasteiger charge is 2.64. The second-order valence-corrected chi connectivity index (χ2v) is 4.98. The minimum atomic E-state index is -1.35. The van der Waals surface area contributed by atoms with Crippen LogP contribution in [0.5, 0.6) is 5.75 Å². The van der Waals surface area contributed by atoms with Crippen LogP contribution in [-0.2, 0) is 19.0 Å². The molecule has 3 rings (SSSR count). The Morgan fingerprint density at radius 3 is 2.64 bits per heavy atom. The molecule has 1 aromatic carbocycles. The maximum absolute atomic E-state index is 12.3. The largest absolute Gasteiger partial charge is 0.507 e. The van der Waals surface area contributed by atoms with E-state index in [-0.39, 0.29) is 22.8 Å². The van der Waals surface area contributed by atoms with Crippen LogP contribution >= 0.6 is 0 Å². The van der Waals surface area contributed by atoms with Gasteiger partial charge in [-0.1, -0.05) is 12.1 Å². The standard InChI is InChI=1S/C15H15NO6/c1-20-15(21-2)11(7-10(18)12-13(15)22-12)16-14(19)8-5-3-4-6-9(8)17/h3-7,12-13,17H,1-2H3,(H,16,19)/t12-,13-/m0/s1. The Morgan fingerprint density at radius 2 is 2.00 bits per heavy atom. The van der Waals surface area contributed by atoms with Crippen molar-refractivity contribution < 1.29 is 28.9 Å². The molecule has 1 aliphatic heterocycles. The molecular formula is C15H15NO6. The summed E-state index contributed by atoms with van der Waals surface area (Å²) < 4.78 is 16.0. The molecule has 7 heteroatoms. The van der Waals surface area contributed by atoms with Crippen LogP contribution < -0.4 is 5.32 Å². The van der Waals surface area contributed by atoms with Crippen molar-refractivity contribution in [1.29, 1.82) is 0 Å². The molecule has 1 aromatic rings. The summed E-state index contributed by atoms with van der Waals surface area (Å²) in [7, 11) is 2.80. The number of para-hydroxylation sites is 1. The lowest BCUT2D eigenvalue weighted by atomic mass is 9.96. The van der Waals surface area contributed by atoms with Crippen molar-refractivity contribution in [2.45, 2.75) is 18.0 Å². The predicted octanol–water partition coefficient (Wildman–Crippen LogP) is 0.345. The van der Waals surface area contributed by atoms with E-state index in [2.05, 4.69) is 5.32 Å². The summed E-state index contributed by atoms with van der Waals surface area (Å²) >= 11 is 0. The molecule has 116 valence electrons. The van der Waals surface area contributed by atoms with Crippen LogP contribution in [0.25, 0.3) is 0 Å². The highest BCUT2D eigenvalue weighted by atomic mass is 16.7. The summed E-state index contributed by atoms with van der Waals surface area (Å²) in [6.45, 7) is 0. The van der Waals surface area contributed by atoms with E-state index >= 15 is 0 Å². The number of methoxy groups -OCH3 is 2. The summed E-state index contributed by atoms with van der Waals surface area (Å²) in [4.78, 5) is 24.1. The molecule has 0 bridgehead atoms. The fourth-order valence-electron chi connectivity index (χ4n) is 2.61. The number of epoxide rings is 1. The second kappa shape index (κ2) is 5.20. The van der Waals surface area contributed by atoms with Crippen LogP contribution in [-0.4, -0.2) is 49.0 Å². The Labute approximate surface area is 126 Å². The third kappa shape index (κ3) is 2.10. The molecule has 2 N–H and O–H groups in total. The molecule has 1 saturated heterocycles. The van der Waals surface area contributed by atoms with Crippen molar-refractivity contribution in [2.24, 2.45) is 0 Å². The van der Waals surface area contributed by atoms with Gasteiger partial charge in [-0.3, -0.25) is 9.59 Å². The summed E-state index contributed by atoms with van der Waals surface area (Å²) in [6, 6.07) is 6.09. The van der Waals surface area contributed by atoms with Gasteiger partial charge in [-0.2, -0.15) is 0 Å². The van der Waals surface area contributed by atoms with Gasteiger partial charge in [0.15, 0.2) is 18.0 Å². The number of rotatable bonds is 4. The quantitative estimate of drug-likeness (QED) is 0.615. The van der Waals surface area contributed by atoms with Gasteiger partial charge in [0.25, 0.3) is 5.91 Å². The summed E-state index contributed by atoms with van der Waals surface area (Å²) in [6.07, 6.45) is 0.0318. The van der Waals surface area contributed by atoms with Crippen molar-refractivity contribution in [3.05, 3.63) is 41.6 Å². The maximum Gasteiger partial charge on any atom is 0.259 e. The lowest BCUT2D eigenvalue weighted by Gasteiger charge is -2.33. The second-order valence-electron chi connectivity index (χ2n) is 4.98. The van der Waals surface area contributed by atoms with Crippen molar-refractivity contribution >= 4 is 11.7 Å². The van der Waals surface area contributed by atoms with Crippen LogP contribution in [0.3, 0.4) is 0 Å². The number of hydrogen-bond donors (Lipinski definition) is 2. The van der Waals surface area contributed by atoms with Gasteiger partial charge in [-0.05, 0) is 12.1 Å². The first kappa shape index (κ1) is 14.7. The van der Waals surface area contributed by atoms with E-state index < -0.39 is 23.9 Å². The number of nitrogens with one attached hydrogen (secondary N) is 1. The number of benzene rings is 1. The zero-order valence-corrected chi connectivity index (χ0v) is 12.0. The van der Waals surface area contributed by atoms with E-state index in [0.717, 1.165) is 0 Å². The van der Waals surface area contributed by atoms with Crippen LogP contribution in [0.1, 0.15) is 10.4 Å². The smallest absolute Gasteiger partial charge is 0.259 e. The Hall–Kier alpha value is -2.22. The first-order valence-corrected chi connectivity index (χ1v) is 6.64. The van der Waals surface area contributed by atoms with Gasteiger partial charge >= 0.3 is 0 Å². The molecule has 1 aliphatic carbocycles. The molecule has 1 fully saturated rings. The number of carbonyl (C=O) groups excluding carboxylic acids is 2. The fourth-order valence-corrected chi connectivity index (χ4v) is 2.61. The topological polar surface area (TPSA) is 97.4 Å². The average molecular weight is 305 g/mol. The van der Waals surface area contributed by atoms with E-state index in [1.54, 1.807) is 12.1 Å². The zero-order valence-electron chi connectivity index (χ0n) is 12.0. The van der Waals surface area contributed by atoms with Crippen LogP contribution in [0.2, 0.25) is 0 Å². The lowest BCUT2D eigenvalue weighted by molar-refractivity contribution is -0.194. The summed E-state index contributed by atoms with van der Waals surface area (Å²) in [5.74, 6) is -2.35. The molecule has 0 spiro atoms. The molecule has 0 aromatic heterocycles. The Morgan fingerprint density at radius 1 is 1.32 bits per heavy atom. The molecule has 1 amide bonds. The SMILES string of the molecule is COC1(OC)C(NC(=O)c2ccccc2O)=CC(=O)[C@@H]2O[C@@H]21. The van der Waals surface area contributed by atoms with Gasteiger partial charge < -0.3 is 24.6 Å². The molecule has 22 heavy (non-hydrogen) atoms. The number of carbonyl (C=O) groups is 2. The summed E-state index contributed by atoms with van der Waals surface area (Å²) in [5.41, 5.74) is 0.227. The van der Waals surface area contributed by atoms with Gasteiger partial charge in [0.1, 0.15) is 5.75 Å². The van der Waals surface area contributed by atoms with Gasteiger partial charge in [0.2, 0.25) is 5.79 Å². The normalized spacial score (nSPS) is 25.2. The number of amides is 1. The van der Waals surface area contributed by atoms with E-state index in [9.17, 15) is 14.7 Å². The Bertz CT molecular complexity index is 664. The van der Waals surface area contributed by atoms with Gasteiger partial charge in [-0.15, -0.1) is 0 Å². The van der Waals surface area contributed by atoms with E-state index in [1.807, 2.05) is 0 Å². The molecule has 2 aliphatic rings. The number of aromatic hydroxyl groups is 1. The fraction of sp³-hybridized carbons (Fsp3) is 0.333. The molecule has 0 unspecified atom stereocenters. The first-order valence-electron chi connectivity index (χ1n) is 6.64. The van der Waals surface area contributed by atoms with E-state index in [1.165, 1.54) is 32.4 Å². The predicted molar refractivity (Wildman–Crippen MR) is 74.1 cm³/mol. The summed E-state index contributed by atoms with van der Waals surface area (Å²) in [5, 5.41) is 12.3. The molecular weight excluding hydrogens is 290 g/mol. The Balaban J connectivity index is 1.91. The minimum Gasteiger partial charge on any atom is -0.507 e. The van der Waals surface area contributed by atoms with E-state index in [4.69, 9.17) is 14.2 Å². The number of phenolic OH excluding ortho intramolecular Hbond substituents is 1. The van der Waals surface area contributed by atoms with Gasteiger partial charge in [0.05, 0.1) is 11.3 Å². The van der Waals surface area contributed by atoms with Crippen LogP contribution in [0.15, 0.2) is 36.0 Å².